The number of carbonyl (C=O) groups excluding carboxylic acids is 2. The zero-order valence-corrected chi connectivity index (χ0v) is 16.4. The quantitative estimate of drug-likeness (QED) is 0.640. The number of carbonyl (C=O) groups is 2. The summed E-state index contributed by atoms with van der Waals surface area (Å²) < 4.78 is 41.8. The molecule has 2 amide bonds. The number of benzene rings is 1. The Morgan fingerprint density at radius 3 is 2.71 bits per heavy atom. The van der Waals surface area contributed by atoms with Gasteiger partial charge in [-0.05, 0) is 43.7 Å². The van der Waals surface area contributed by atoms with Crippen LogP contribution in [0.15, 0.2) is 43.0 Å². The number of alkyl halides is 3. The fourth-order valence-electron chi connectivity index (χ4n) is 3.15. The largest absolute Gasteiger partial charge is 0.573 e. The third-order valence-corrected chi connectivity index (χ3v) is 4.41. The lowest BCUT2D eigenvalue weighted by molar-refractivity contribution is -0.274. The SMILES string of the molecule is O=C(/C=C/n1cncn1)N[C@H]1CCCN(CC(=O)Nc2ccc(OC(F)(F)F)cc2)C1. The third-order valence-electron chi connectivity index (χ3n) is 4.41. The van der Waals surface area contributed by atoms with Gasteiger partial charge in [0.1, 0.15) is 18.4 Å². The molecule has 1 aromatic heterocycles. The van der Waals surface area contributed by atoms with E-state index < -0.39 is 6.36 Å². The molecule has 12 heteroatoms. The van der Waals surface area contributed by atoms with Crippen LogP contribution in [0.5, 0.6) is 5.75 Å². The highest BCUT2D eigenvalue weighted by atomic mass is 19.4. The monoisotopic (exact) mass is 438 g/mol. The Labute approximate surface area is 175 Å². The van der Waals surface area contributed by atoms with Crippen molar-refractivity contribution < 1.29 is 27.5 Å². The van der Waals surface area contributed by atoms with Gasteiger partial charge in [-0.3, -0.25) is 14.5 Å². The molecular weight excluding hydrogens is 417 g/mol. The number of nitrogens with zero attached hydrogens (tertiary/aromatic N) is 4. The minimum atomic E-state index is -4.77. The molecule has 1 aliphatic rings. The Bertz CT molecular complexity index is 900. The molecule has 3 rings (SSSR count). The predicted octanol–water partition coefficient (Wildman–Crippen LogP) is 1.87. The van der Waals surface area contributed by atoms with Crippen LogP contribution in [0.25, 0.3) is 6.20 Å². The molecule has 0 spiro atoms. The van der Waals surface area contributed by atoms with Gasteiger partial charge in [0.15, 0.2) is 0 Å². The summed E-state index contributed by atoms with van der Waals surface area (Å²) in [7, 11) is 0. The van der Waals surface area contributed by atoms with Crippen molar-refractivity contribution in [3.8, 4) is 5.75 Å². The fraction of sp³-hybridized carbons (Fsp3) is 0.368. The molecule has 1 aliphatic heterocycles. The average Bonchev–Trinajstić information content (AvgIpc) is 3.21. The van der Waals surface area contributed by atoms with Crippen LogP contribution in [0.2, 0.25) is 0 Å². The number of halogens is 3. The van der Waals surface area contributed by atoms with E-state index in [0.29, 0.717) is 18.8 Å². The zero-order valence-electron chi connectivity index (χ0n) is 16.4. The van der Waals surface area contributed by atoms with Gasteiger partial charge >= 0.3 is 6.36 Å². The number of ether oxygens (including phenoxy) is 1. The molecule has 1 saturated heterocycles. The van der Waals surface area contributed by atoms with Crippen molar-refractivity contribution in [2.45, 2.75) is 25.2 Å². The van der Waals surface area contributed by atoms with Gasteiger partial charge in [0.25, 0.3) is 0 Å². The van der Waals surface area contributed by atoms with E-state index in [9.17, 15) is 22.8 Å². The molecule has 1 fully saturated rings. The van der Waals surface area contributed by atoms with E-state index in [1.165, 1.54) is 41.7 Å². The van der Waals surface area contributed by atoms with Crippen LogP contribution in [0.4, 0.5) is 18.9 Å². The van der Waals surface area contributed by atoms with Crippen molar-refractivity contribution in [2.75, 3.05) is 25.0 Å². The van der Waals surface area contributed by atoms with Crippen molar-refractivity contribution >= 4 is 23.7 Å². The molecule has 1 atom stereocenters. The highest BCUT2D eigenvalue weighted by Crippen LogP contribution is 2.24. The summed E-state index contributed by atoms with van der Waals surface area (Å²) in [4.78, 5) is 30.0. The topological polar surface area (TPSA) is 101 Å². The number of nitrogens with one attached hydrogen (secondary N) is 2. The second kappa shape index (κ2) is 10.1. The Balaban J connectivity index is 1.44. The van der Waals surface area contributed by atoms with Gasteiger partial charge < -0.3 is 15.4 Å². The van der Waals surface area contributed by atoms with Gasteiger partial charge in [-0.15, -0.1) is 13.2 Å². The average molecular weight is 438 g/mol. The standard InChI is InChI=1S/C19H21F3N6O3/c20-19(21,22)31-16-5-3-14(4-6-16)25-18(30)11-27-8-1-2-15(10-27)26-17(29)7-9-28-13-23-12-24-28/h3-7,9,12-13,15H,1-2,8,10-11H2,(H,25,30)(H,26,29)/b9-7+/t15-/m0/s1. The number of anilines is 1. The van der Waals surface area contributed by atoms with Gasteiger partial charge in [0.05, 0.1) is 6.54 Å². The summed E-state index contributed by atoms with van der Waals surface area (Å²) in [6.45, 7) is 1.31. The first-order valence-corrected chi connectivity index (χ1v) is 9.48. The van der Waals surface area contributed by atoms with Crippen LogP contribution >= 0.6 is 0 Å². The van der Waals surface area contributed by atoms with Crippen LogP contribution in [0.3, 0.4) is 0 Å². The number of piperidine rings is 1. The summed E-state index contributed by atoms with van der Waals surface area (Å²) in [5.74, 6) is -0.937. The Morgan fingerprint density at radius 2 is 2.03 bits per heavy atom. The lowest BCUT2D eigenvalue weighted by Gasteiger charge is -2.32. The first-order valence-electron chi connectivity index (χ1n) is 9.48. The fourth-order valence-corrected chi connectivity index (χ4v) is 3.15. The highest BCUT2D eigenvalue weighted by Gasteiger charge is 2.31. The highest BCUT2D eigenvalue weighted by molar-refractivity contribution is 5.92. The molecular formula is C19H21F3N6O3. The van der Waals surface area contributed by atoms with Crippen LogP contribution in [-0.4, -0.2) is 63.5 Å². The number of likely N-dealkylation sites (tertiary alicyclic amines) is 1. The molecule has 166 valence electrons. The van der Waals surface area contributed by atoms with E-state index in [1.54, 1.807) is 0 Å². The molecule has 31 heavy (non-hydrogen) atoms. The van der Waals surface area contributed by atoms with Gasteiger partial charge in [0.2, 0.25) is 11.8 Å². The van der Waals surface area contributed by atoms with Crippen molar-refractivity contribution in [1.82, 2.24) is 25.0 Å². The van der Waals surface area contributed by atoms with E-state index in [4.69, 9.17) is 0 Å². The summed E-state index contributed by atoms with van der Waals surface area (Å²) in [5, 5.41) is 9.40. The summed E-state index contributed by atoms with van der Waals surface area (Å²) in [6.07, 6.45) is 2.50. The molecule has 0 aliphatic carbocycles. The first kappa shape index (κ1) is 22.3. The summed E-state index contributed by atoms with van der Waals surface area (Å²) in [6, 6.07) is 4.82. The maximum Gasteiger partial charge on any atom is 0.573 e. The molecule has 1 aromatic carbocycles. The summed E-state index contributed by atoms with van der Waals surface area (Å²) in [5.41, 5.74) is 0.361. The molecule has 0 bridgehead atoms. The minimum absolute atomic E-state index is 0.0992. The number of hydrogen-bond donors (Lipinski definition) is 2. The van der Waals surface area contributed by atoms with E-state index in [2.05, 4.69) is 25.5 Å². The summed E-state index contributed by atoms with van der Waals surface area (Å²) >= 11 is 0. The normalized spacial score (nSPS) is 17.5. The van der Waals surface area contributed by atoms with E-state index in [1.807, 2.05) is 4.90 Å². The molecule has 9 nitrogen and oxygen atoms in total. The van der Waals surface area contributed by atoms with Crippen LogP contribution in [0, 0.1) is 0 Å². The van der Waals surface area contributed by atoms with Crippen molar-refractivity contribution in [3.63, 3.8) is 0 Å². The zero-order chi connectivity index (χ0) is 22.3. The maximum atomic E-state index is 12.3. The Kier molecular flexibility index (Phi) is 7.23. The molecule has 0 saturated carbocycles. The van der Waals surface area contributed by atoms with Gasteiger partial charge in [-0.1, -0.05) is 0 Å². The minimum Gasteiger partial charge on any atom is -0.406 e. The first-order chi connectivity index (χ1) is 14.8. The maximum absolute atomic E-state index is 12.3. The van der Waals surface area contributed by atoms with Crippen molar-refractivity contribution in [3.05, 3.63) is 43.0 Å². The number of hydrogen-bond acceptors (Lipinski definition) is 6. The van der Waals surface area contributed by atoms with Crippen LogP contribution < -0.4 is 15.4 Å². The van der Waals surface area contributed by atoms with Crippen molar-refractivity contribution in [2.24, 2.45) is 0 Å². The van der Waals surface area contributed by atoms with Crippen molar-refractivity contribution in [1.29, 1.82) is 0 Å². The molecule has 2 N–H and O–H groups in total. The Morgan fingerprint density at radius 1 is 1.26 bits per heavy atom. The predicted molar refractivity (Wildman–Crippen MR) is 105 cm³/mol. The number of aromatic nitrogens is 3. The lowest BCUT2D eigenvalue weighted by Crippen LogP contribution is -2.49. The second-order valence-corrected chi connectivity index (χ2v) is 6.89. The van der Waals surface area contributed by atoms with Gasteiger partial charge in [-0.25, -0.2) is 9.67 Å². The third kappa shape index (κ3) is 7.74. The smallest absolute Gasteiger partial charge is 0.406 e. The molecule has 2 aromatic rings. The molecule has 2 heterocycles. The molecule has 0 radical (unpaired) electrons. The number of amides is 2. The second-order valence-electron chi connectivity index (χ2n) is 6.89. The van der Waals surface area contributed by atoms with Gasteiger partial charge in [0, 0.05) is 30.5 Å². The Hall–Kier alpha value is -3.41. The lowest BCUT2D eigenvalue weighted by atomic mass is 10.1. The van der Waals surface area contributed by atoms with E-state index in [-0.39, 0.29) is 30.2 Å². The van der Waals surface area contributed by atoms with Gasteiger partial charge in [-0.2, -0.15) is 5.10 Å². The van der Waals surface area contributed by atoms with E-state index >= 15 is 0 Å². The van der Waals surface area contributed by atoms with Crippen LogP contribution in [0.1, 0.15) is 12.8 Å². The van der Waals surface area contributed by atoms with Crippen LogP contribution in [-0.2, 0) is 9.59 Å². The van der Waals surface area contributed by atoms with E-state index in [0.717, 1.165) is 25.0 Å². The number of rotatable bonds is 7. The molecule has 0 unspecified atom stereocenters.